The molecule has 3 aromatic carbocycles. The van der Waals surface area contributed by atoms with Crippen molar-refractivity contribution in [3.8, 4) is 0 Å². The van der Waals surface area contributed by atoms with E-state index < -0.39 is 10.0 Å². The van der Waals surface area contributed by atoms with Gasteiger partial charge in [-0.1, -0.05) is 48.5 Å². The Morgan fingerprint density at radius 3 is 2.43 bits per heavy atom. The molecule has 1 amide bonds. The van der Waals surface area contributed by atoms with Gasteiger partial charge in [0.2, 0.25) is 0 Å². The number of fused-ring (bicyclic) bond motifs is 1. The van der Waals surface area contributed by atoms with Crippen molar-refractivity contribution < 1.29 is 13.2 Å². The summed E-state index contributed by atoms with van der Waals surface area (Å²) in [4.78, 5) is 17.1. The zero-order valence-electron chi connectivity index (χ0n) is 18.7. The Morgan fingerprint density at radius 2 is 1.71 bits per heavy atom. The van der Waals surface area contributed by atoms with E-state index in [1.807, 2.05) is 30.3 Å². The number of benzene rings is 3. The van der Waals surface area contributed by atoms with E-state index in [4.69, 9.17) is 0 Å². The van der Waals surface area contributed by atoms with Crippen molar-refractivity contribution in [1.82, 2.24) is 14.8 Å². The predicted octanol–water partition coefficient (Wildman–Crippen LogP) is 4.62. The van der Waals surface area contributed by atoms with Gasteiger partial charge in [-0.3, -0.25) is 19.1 Å². The Balaban J connectivity index is 1.40. The number of carbonyl (C=O) groups is 1. The van der Waals surface area contributed by atoms with Gasteiger partial charge < -0.3 is 0 Å². The molecule has 0 radical (unpaired) electrons. The van der Waals surface area contributed by atoms with Crippen molar-refractivity contribution >= 4 is 49.0 Å². The van der Waals surface area contributed by atoms with Gasteiger partial charge in [0, 0.05) is 24.0 Å². The van der Waals surface area contributed by atoms with Crippen molar-refractivity contribution in [2.24, 2.45) is 0 Å². The summed E-state index contributed by atoms with van der Waals surface area (Å²) in [6, 6.07) is 23.1. The average molecular weight is 504 g/mol. The third-order valence-corrected chi connectivity index (χ3v) is 8.05. The molecule has 0 atom stereocenters. The monoisotopic (exact) mass is 503 g/mol. The van der Waals surface area contributed by atoms with Gasteiger partial charge in [-0.15, -0.1) is 11.3 Å². The van der Waals surface area contributed by atoms with Gasteiger partial charge in [-0.25, -0.2) is 13.4 Å². The number of amides is 1. The van der Waals surface area contributed by atoms with E-state index in [0.717, 1.165) is 16.5 Å². The molecule has 0 bridgehead atoms. The molecular formula is C25H21N5O3S2. The first-order chi connectivity index (χ1) is 16.9. The third-order valence-electron chi connectivity index (χ3n) is 5.56. The van der Waals surface area contributed by atoms with E-state index in [0.29, 0.717) is 23.1 Å². The molecule has 2 heterocycles. The first-order valence-corrected chi connectivity index (χ1v) is 13.0. The zero-order chi connectivity index (χ0) is 24.4. The minimum atomic E-state index is -3.70. The molecular weight excluding hydrogens is 482 g/mol. The van der Waals surface area contributed by atoms with Crippen LogP contribution in [0.15, 0.2) is 95.3 Å². The maximum atomic E-state index is 13.0. The summed E-state index contributed by atoms with van der Waals surface area (Å²) in [6.07, 6.45) is 1.62. The molecule has 2 aromatic heterocycles. The summed E-state index contributed by atoms with van der Waals surface area (Å²) < 4.78 is 29.1. The second kappa shape index (κ2) is 9.32. The normalized spacial score (nSPS) is 11.5. The maximum Gasteiger partial charge on any atom is 0.278 e. The Morgan fingerprint density at radius 1 is 1.00 bits per heavy atom. The van der Waals surface area contributed by atoms with Crippen LogP contribution in [0.4, 0.5) is 10.8 Å². The van der Waals surface area contributed by atoms with Crippen LogP contribution in [0, 0.1) is 0 Å². The Kier molecular flexibility index (Phi) is 6.06. The molecule has 8 nitrogen and oxygen atoms in total. The number of carbonyl (C=O) groups excluding carboxylic acids is 1. The number of hydrogen-bond donors (Lipinski definition) is 1. The smallest absolute Gasteiger partial charge is 0.278 e. The van der Waals surface area contributed by atoms with Crippen LogP contribution in [0.2, 0.25) is 0 Å². The minimum absolute atomic E-state index is 0.196. The highest BCUT2D eigenvalue weighted by Crippen LogP contribution is 2.24. The molecule has 0 unspecified atom stereocenters. The Labute approximate surface area is 206 Å². The van der Waals surface area contributed by atoms with Gasteiger partial charge in [0.25, 0.3) is 15.9 Å². The molecule has 10 heteroatoms. The van der Waals surface area contributed by atoms with Crippen LogP contribution in [0.25, 0.3) is 10.9 Å². The maximum absolute atomic E-state index is 13.0. The van der Waals surface area contributed by atoms with E-state index in [2.05, 4.69) is 15.4 Å². The largest absolute Gasteiger partial charge is 0.296 e. The van der Waals surface area contributed by atoms with Crippen LogP contribution < -0.4 is 9.62 Å². The van der Waals surface area contributed by atoms with E-state index in [1.165, 1.54) is 22.7 Å². The molecule has 0 saturated heterocycles. The molecule has 0 saturated carbocycles. The van der Waals surface area contributed by atoms with Crippen molar-refractivity contribution in [2.45, 2.75) is 11.4 Å². The lowest BCUT2D eigenvalue weighted by Gasteiger charge is -2.19. The number of hydrogen-bond acceptors (Lipinski definition) is 6. The molecule has 0 spiro atoms. The number of anilines is 2. The second-order valence-electron chi connectivity index (χ2n) is 7.77. The second-order valence-corrected chi connectivity index (χ2v) is 10.6. The molecule has 5 aromatic rings. The summed E-state index contributed by atoms with van der Waals surface area (Å²) >= 11 is 1.33. The molecule has 0 aliphatic rings. The Bertz CT molecular complexity index is 1580. The number of nitrogens with zero attached hydrogens (tertiary/aromatic N) is 4. The number of aromatic nitrogens is 3. The van der Waals surface area contributed by atoms with Crippen molar-refractivity contribution in [3.63, 3.8) is 0 Å². The van der Waals surface area contributed by atoms with Crippen LogP contribution in [0.3, 0.4) is 0 Å². The van der Waals surface area contributed by atoms with Gasteiger partial charge in [-0.05, 0) is 35.9 Å². The third kappa shape index (κ3) is 4.53. The summed E-state index contributed by atoms with van der Waals surface area (Å²) in [5.41, 5.74) is 2.55. The lowest BCUT2D eigenvalue weighted by Crippen LogP contribution is -2.26. The van der Waals surface area contributed by atoms with E-state index >= 15 is 0 Å². The van der Waals surface area contributed by atoms with Crippen LogP contribution in [-0.4, -0.2) is 36.1 Å². The molecule has 0 aliphatic heterocycles. The highest BCUT2D eigenvalue weighted by Gasteiger charge is 2.22. The molecule has 176 valence electrons. The summed E-state index contributed by atoms with van der Waals surface area (Å²) in [7, 11) is -2.16. The fraction of sp³-hybridized carbons (Fsp3) is 0.0800. The van der Waals surface area contributed by atoms with Crippen molar-refractivity contribution in [2.75, 3.05) is 16.7 Å². The number of rotatable bonds is 7. The fourth-order valence-electron chi connectivity index (χ4n) is 3.73. The van der Waals surface area contributed by atoms with E-state index in [1.54, 1.807) is 64.8 Å². The molecule has 0 aliphatic carbocycles. The SMILES string of the molecule is CN(c1ccccc1)S(=O)(=O)c1ccc(Cn2nc(C(=O)Nc3nccs3)c3ccccc32)cc1. The standard InChI is InChI=1S/C25H21N5O3S2/c1-29(19-7-3-2-4-8-19)35(32,33)20-13-11-18(12-14-20)17-30-22-10-6-5-9-21(22)23(28-30)24(31)27-25-26-15-16-34-25/h2-16H,17H2,1H3,(H,26,27,31). The van der Waals surface area contributed by atoms with Gasteiger partial charge in [-0.2, -0.15) is 5.10 Å². The van der Waals surface area contributed by atoms with E-state index in [-0.39, 0.29) is 10.8 Å². The van der Waals surface area contributed by atoms with Crippen LogP contribution in [0.1, 0.15) is 16.1 Å². The predicted molar refractivity (Wildman–Crippen MR) is 137 cm³/mol. The van der Waals surface area contributed by atoms with E-state index in [9.17, 15) is 13.2 Å². The fourth-order valence-corrected chi connectivity index (χ4v) is 5.45. The van der Waals surface area contributed by atoms with Crippen molar-refractivity contribution in [3.05, 3.63) is 102 Å². The number of sulfonamides is 1. The lowest BCUT2D eigenvalue weighted by molar-refractivity contribution is 0.102. The number of thiazole rings is 1. The topological polar surface area (TPSA) is 97.2 Å². The van der Waals surface area contributed by atoms with Gasteiger partial charge in [0.15, 0.2) is 10.8 Å². The number of para-hydroxylation sites is 2. The van der Waals surface area contributed by atoms with Gasteiger partial charge >= 0.3 is 0 Å². The van der Waals surface area contributed by atoms with Crippen molar-refractivity contribution in [1.29, 1.82) is 0 Å². The van der Waals surface area contributed by atoms with Crippen LogP contribution >= 0.6 is 11.3 Å². The molecule has 35 heavy (non-hydrogen) atoms. The first kappa shape index (κ1) is 22.8. The highest BCUT2D eigenvalue weighted by molar-refractivity contribution is 7.92. The van der Waals surface area contributed by atoms with Crippen LogP contribution in [0.5, 0.6) is 0 Å². The zero-order valence-corrected chi connectivity index (χ0v) is 20.3. The quantitative estimate of drug-likeness (QED) is 0.350. The lowest BCUT2D eigenvalue weighted by atomic mass is 10.2. The minimum Gasteiger partial charge on any atom is -0.296 e. The molecule has 0 fully saturated rings. The van der Waals surface area contributed by atoms with Crippen LogP contribution in [-0.2, 0) is 16.6 Å². The molecule has 5 rings (SSSR count). The summed E-state index contributed by atoms with van der Waals surface area (Å²) in [5.74, 6) is -0.333. The van der Waals surface area contributed by atoms with Gasteiger partial charge in [0.05, 0.1) is 22.6 Å². The number of nitrogens with one attached hydrogen (secondary N) is 1. The summed E-state index contributed by atoms with van der Waals surface area (Å²) in [6.45, 7) is 0.375. The Hall–Kier alpha value is -4.02. The highest BCUT2D eigenvalue weighted by atomic mass is 32.2. The first-order valence-electron chi connectivity index (χ1n) is 10.7. The van der Waals surface area contributed by atoms with Gasteiger partial charge in [0.1, 0.15) is 0 Å². The summed E-state index contributed by atoms with van der Waals surface area (Å²) in [5, 5.41) is 10.4. The molecule has 1 N–H and O–H groups in total. The average Bonchev–Trinajstić information content (AvgIpc) is 3.52.